The normalized spacial score (nSPS) is 14.8. The van der Waals surface area contributed by atoms with Crippen molar-refractivity contribution in [2.45, 2.75) is 51.2 Å². The smallest absolute Gasteiger partial charge is 0.261 e. The Hall–Kier alpha value is -1.66. The first-order chi connectivity index (χ1) is 15.2. The van der Waals surface area contributed by atoms with Gasteiger partial charge in [0, 0.05) is 27.7 Å². The Balaban J connectivity index is 1.76. The quantitative estimate of drug-likeness (QED) is 0.456. The van der Waals surface area contributed by atoms with Crippen LogP contribution in [0.25, 0.3) is 0 Å². The van der Waals surface area contributed by atoms with Crippen LogP contribution in [0.5, 0.6) is 5.75 Å². The zero-order chi connectivity index (χ0) is 23.3. The van der Waals surface area contributed by atoms with Gasteiger partial charge in [-0.15, -0.1) is 0 Å². The Labute approximate surface area is 207 Å². The number of carbonyl (C=O) groups is 2. The molecule has 172 valence electrons. The number of nitrogens with one attached hydrogen (secondary N) is 1. The summed E-state index contributed by atoms with van der Waals surface area (Å²) in [5.74, 6) is -0.257. The maximum atomic E-state index is 13.1. The molecule has 1 aliphatic carbocycles. The lowest BCUT2D eigenvalue weighted by Crippen LogP contribution is -2.50. The average molecular weight is 518 g/mol. The fourth-order valence-corrected chi connectivity index (χ4v) is 4.55. The molecule has 0 heterocycles. The number of hydrogen-bond donors (Lipinski definition) is 1. The molecule has 9 heteroatoms. The fraction of sp³-hybridized carbons (Fsp3) is 0.391. The Morgan fingerprint density at radius 2 is 1.66 bits per heavy atom. The van der Waals surface area contributed by atoms with Crippen molar-refractivity contribution in [1.29, 1.82) is 0 Å². The molecule has 1 N–H and O–H groups in total. The van der Waals surface area contributed by atoms with E-state index in [0.717, 1.165) is 25.7 Å². The van der Waals surface area contributed by atoms with Crippen molar-refractivity contribution < 1.29 is 14.3 Å². The first-order valence-corrected chi connectivity index (χ1v) is 11.9. The van der Waals surface area contributed by atoms with Crippen molar-refractivity contribution in [3.8, 4) is 5.75 Å². The van der Waals surface area contributed by atoms with Crippen LogP contribution in [0.15, 0.2) is 36.4 Å². The van der Waals surface area contributed by atoms with Crippen LogP contribution in [0.1, 0.15) is 38.2 Å². The second-order valence-corrected chi connectivity index (χ2v) is 9.47. The van der Waals surface area contributed by atoms with E-state index in [4.69, 9.17) is 51.1 Å². The highest BCUT2D eigenvalue weighted by Gasteiger charge is 2.29. The van der Waals surface area contributed by atoms with Crippen LogP contribution in [0, 0.1) is 0 Å². The second-order valence-electron chi connectivity index (χ2n) is 7.79. The summed E-state index contributed by atoms with van der Waals surface area (Å²) in [5, 5.41) is 4.72. The molecule has 0 aliphatic heterocycles. The van der Waals surface area contributed by atoms with Crippen molar-refractivity contribution in [1.82, 2.24) is 10.2 Å². The summed E-state index contributed by atoms with van der Waals surface area (Å²) in [6, 6.07) is 9.21. The maximum absolute atomic E-state index is 13.1. The summed E-state index contributed by atoms with van der Waals surface area (Å²) < 4.78 is 5.62. The Morgan fingerprint density at radius 3 is 2.28 bits per heavy atom. The molecule has 1 atom stereocenters. The molecular weight excluding hydrogens is 494 g/mol. The van der Waals surface area contributed by atoms with Crippen molar-refractivity contribution in [2.75, 3.05) is 6.61 Å². The topological polar surface area (TPSA) is 58.6 Å². The highest BCUT2D eigenvalue weighted by Crippen LogP contribution is 2.28. The van der Waals surface area contributed by atoms with Crippen molar-refractivity contribution in [3.63, 3.8) is 0 Å². The number of benzene rings is 2. The number of halogens is 4. The molecule has 1 aliphatic rings. The SMILES string of the molecule is CC(C(=O)NC1CCCC1)N(Cc1ccc(Cl)cc1Cl)C(=O)COc1ccc(Cl)cc1Cl. The molecule has 3 rings (SSSR count). The van der Waals surface area contributed by atoms with E-state index in [1.54, 1.807) is 37.3 Å². The van der Waals surface area contributed by atoms with Gasteiger partial charge in [-0.05, 0) is 55.7 Å². The van der Waals surface area contributed by atoms with Crippen LogP contribution >= 0.6 is 46.4 Å². The van der Waals surface area contributed by atoms with E-state index in [1.807, 2.05) is 0 Å². The number of rotatable bonds is 8. The molecule has 1 unspecified atom stereocenters. The largest absolute Gasteiger partial charge is 0.482 e. The molecule has 0 spiro atoms. The number of hydrogen-bond acceptors (Lipinski definition) is 3. The lowest BCUT2D eigenvalue weighted by Gasteiger charge is -2.30. The zero-order valence-corrected chi connectivity index (χ0v) is 20.6. The van der Waals surface area contributed by atoms with E-state index >= 15 is 0 Å². The zero-order valence-electron chi connectivity index (χ0n) is 17.5. The molecule has 0 saturated heterocycles. The fourth-order valence-electron chi connectivity index (χ4n) is 3.62. The molecule has 1 saturated carbocycles. The minimum Gasteiger partial charge on any atom is -0.482 e. The first kappa shape index (κ1) is 25.0. The Kier molecular flexibility index (Phi) is 8.95. The molecule has 1 fully saturated rings. The maximum Gasteiger partial charge on any atom is 0.261 e. The van der Waals surface area contributed by atoms with Gasteiger partial charge < -0.3 is 15.0 Å². The summed E-state index contributed by atoms with van der Waals surface area (Å²) in [5.41, 5.74) is 0.675. The number of nitrogens with zero attached hydrogens (tertiary/aromatic N) is 1. The molecule has 0 radical (unpaired) electrons. The lowest BCUT2D eigenvalue weighted by atomic mass is 10.1. The molecule has 32 heavy (non-hydrogen) atoms. The highest BCUT2D eigenvalue weighted by molar-refractivity contribution is 6.35. The third kappa shape index (κ3) is 6.67. The van der Waals surface area contributed by atoms with Gasteiger partial charge in [0.25, 0.3) is 5.91 Å². The van der Waals surface area contributed by atoms with E-state index in [1.165, 1.54) is 11.0 Å². The van der Waals surface area contributed by atoms with E-state index in [-0.39, 0.29) is 31.0 Å². The molecule has 0 aromatic heterocycles. The van der Waals surface area contributed by atoms with Crippen LogP contribution < -0.4 is 10.1 Å². The average Bonchev–Trinajstić information content (AvgIpc) is 3.25. The van der Waals surface area contributed by atoms with Crippen LogP contribution in [0.4, 0.5) is 0 Å². The third-order valence-corrected chi connectivity index (χ3v) is 6.59. The van der Waals surface area contributed by atoms with Crippen LogP contribution in [-0.2, 0) is 16.1 Å². The highest BCUT2D eigenvalue weighted by atomic mass is 35.5. The van der Waals surface area contributed by atoms with E-state index in [2.05, 4.69) is 5.32 Å². The van der Waals surface area contributed by atoms with E-state index < -0.39 is 6.04 Å². The van der Waals surface area contributed by atoms with Gasteiger partial charge in [-0.3, -0.25) is 9.59 Å². The third-order valence-electron chi connectivity index (χ3n) is 5.47. The molecule has 2 aromatic rings. The standard InChI is InChI=1S/C23H24Cl4N2O3/c1-14(23(31)28-18-4-2-3-5-18)29(12-15-6-7-16(24)10-19(15)26)22(30)13-32-21-9-8-17(25)11-20(21)27/h6-11,14,18H,2-5,12-13H2,1H3,(H,28,31). The van der Waals surface area contributed by atoms with Gasteiger partial charge in [0.2, 0.25) is 5.91 Å². The molecule has 2 aromatic carbocycles. The van der Waals surface area contributed by atoms with Crippen molar-refractivity contribution >= 4 is 58.2 Å². The van der Waals surface area contributed by atoms with Gasteiger partial charge >= 0.3 is 0 Å². The van der Waals surface area contributed by atoms with Gasteiger partial charge in [-0.25, -0.2) is 0 Å². The Morgan fingerprint density at radius 1 is 1.03 bits per heavy atom. The van der Waals surface area contributed by atoms with Gasteiger partial charge in [0.05, 0.1) is 5.02 Å². The summed E-state index contributed by atoms with van der Waals surface area (Å²) in [4.78, 5) is 27.5. The van der Waals surface area contributed by atoms with Gasteiger partial charge in [0.15, 0.2) is 6.61 Å². The number of amides is 2. The Bertz CT molecular complexity index is 980. The minimum atomic E-state index is -0.723. The minimum absolute atomic E-state index is 0.131. The summed E-state index contributed by atoms with van der Waals surface area (Å²) in [6.45, 7) is 1.53. The molecule has 5 nitrogen and oxygen atoms in total. The molecule has 2 amide bonds. The summed E-state index contributed by atoms with van der Waals surface area (Å²) >= 11 is 24.4. The monoisotopic (exact) mass is 516 g/mol. The van der Waals surface area contributed by atoms with Crippen LogP contribution in [0.2, 0.25) is 20.1 Å². The van der Waals surface area contributed by atoms with Crippen LogP contribution in [0.3, 0.4) is 0 Å². The molecule has 0 bridgehead atoms. The van der Waals surface area contributed by atoms with E-state index in [0.29, 0.717) is 31.4 Å². The predicted molar refractivity (Wildman–Crippen MR) is 129 cm³/mol. The number of carbonyl (C=O) groups excluding carboxylic acids is 2. The van der Waals surface area contributed by atoms with Gasteiger partial charge in [0.1, 0.15) is 11.8 Å². The summed E-state index contributed by atoms with van der Waals surface area (Å²) in [6.07, 6.45) is 4.09. The second kappa shape index (κ2) is 11.5. The van der Waals surface area contributed by atoms with Gasteiger partial charge in [-0.1, -0.05) is 65.3 Å². The summed E-state index contributed by atoms with van der Waals surface area (Å²) in [7, 11) is 0. The van der Waals surface area contributed by atoms with E-state index in [9.17, 15) is 9.59 Å². The lowest BCUT2D eigenvalue weighted by molar-refractivity contribution is -0.142. The first-order valence-electron chi connectivity index (χ1n) is 10.4. The molecular formula is C23H24Cl4N2O3. The van der Waals surface area contributed by atoms with Crippen LogP contribution in [-0.4, -0.2) is 35.4 Å². The predicted octanol–water partition coefficient (Wildman–Crippen LogP) is 6.16. The van der Waals surface area contributed by atoms with Crippen molar-refractivity contribution in [3.05, 3.63) is 62.1 Å². The van der Waals surface area contributed by atoms with Gasteiger partial charge in [-0.2, -0.15) is 0 Å². The van der Waals surface area contributed by atoms with Crippen molar-refractivity contribution in [2.24, 2.45) is 0 Å². The number of ether oxygens (including phenoxy) is 1.